The third-order valence-corrected chi connectivity index (χ3v) is 2.16. The average molecular weight is 114 g/mol. The van der Waals surface area contributed by atoms with Crippen LogP contribution in [0.5, 0.6) is 0 Å². The highest BCUT2D eigenvalue weighted by molar-refractivity contribution is 6.76. The van der Waals surface area contributed by atoms with Gasteiger partial charge >= 0.3 is 8.56 Å². The molecule has 0 aromatic rings. The van der Waals surface area contributed by atoms with E-state index in [-0.39, 0.29) is 0 Å². The summed E-state index contributed by atoms with van der Waals surface area (Å²) in [5.74, 6) is 0. The van der Waals surface area contributed by atoms with Crippen LogP contribution in [-0.4, -0.2) is 18.2 Å². The van der Waals surface area contributed by atoms with Crippen molar-refractivity contribution in [2.75, 3.05) is 0 Å². The topological polar surface area (TPSA) is 40.5 Å². The van der Waals surface area contributed by atoms with Gasteiger partial charge in [0.25, 0.3) is 0 Å². The molecule has 1 rings (SSSR count). The Hall–Kier alpha value is -0.383. The molecule has 0 radical (unpaired) electrons. The normalized spacial score (nSPS) is 23.7. The zero-order valence-corrected chi connectivity index (χ0v) is 4.70. The van der Waals surface area contributed by atoms with Crippen LogP contribution in [0, 0.1) is 0 Å². The number of hydrogen-bond acceptors (Lipinski definition) is 2. The van der Waals surface area contributed by atoms with Crippen LogP contribution in [0.4, 0.5) is 0 Å². The lowest BCUT2D eigenvalue weighted by Gasteiger charge is -1.99. The van der Waals surface area contributed by atoms with Crippen LogP contribution in [0.1, 0.15) is 0 Å². The Kier molecular flexibility index (Phi) is 0.882. The maximum absolute atomic E-state index is 8.72. The molecule has 0 saturated carbocycles. The Morgan fingerprint density at radius 1 is 1.00 bits per heavy atom. The lowest BCUT2D eigenvalue weighted by molar-refractivity contribution is 0.399. The molecule has 0 unspecified atom stereocenters. The Labute approximate surface area is 42.7 Å². The van der Waals surface area contributed by atoms with Gasteiger partial charge in [0.2, 0.25) is 0 Å². The van der Waals surface area contributed by atoms with E-state index in [2.05, 4.69) is 0 Å². The molecule has 0 amide bonds. The monoisotopic (exact) mass is 114 g/mol. The molecular formula is C4H6O2Si. The van der Waals surface area contributed by atoms with Crippen molar-refractivity contribution in [2.24, 2.45) is 0 Å². The molecule has 2 nitrogen and oxygen atoms in total. The second kappa shape index (κ2) is 1.29. The maximum Gasteiger partial charge on any atom is 0.386 e. The number of hydrogen-bond donors (Lipinski definition) is 2. The highest BCUT2D eigenvalue weighted by atomic mass is 28.4. The van der Waals surface area contributed by atoms with Crippen molar-refractivity contribution in [2.45, 2.75) is 0 Å². The first-order valence-corrected chi connectivity index (χ1v) is 4.07. The van der Waals surface area contributed by atoms with Gasteiger partial charge in [-0.3, -0.25) is 0 Å². The van der Waals surface area contributed by atoms with E-state index in [0.717, 1.165) is 0 Å². The van der Waals surface area contributed by atoms with E-state index in [1.54, 1.807) is 12.2 Å². The molecule has 0 bridgehead atoms. The first-order valence-electron chi connectivity index (χ1n) is 2.02. The molecule has 38 valence electrons. The quantitative estimate of drug-likeness (QED) is 0.421. The summed E-state index contributed by atoms with van der Waals surface area (Å²) in [4.78, 5) is 17.4. The molecule has 0 spiro atoms. The number of allylic oxidation sites excluding steroid dienone is 2. The van der Waals surface area contributed by atoms with Gasteiger partial charge in [-0.25, -0.2) is 0 Å². The van der Waals surface area contributed by atoms with E-state index in [0.29, 0.717) is 0 Å². The van der Waals surface area contributed by atoms with Crippen LogP contribution in [-0.2, 0) is 0 Å². The molecule has 1 heterocycles. The molecule has 0 saturated heterocycles. The fourth-order valence-corrected chi connectivity index (χ4v) is 1.35. The summed E-state index contributed by atoms with van der Waals surface area (Å²) in [5, 5.41) is 0. The van der Waals surface area contributed by atoms with Gasteiger partial charge in [-0.05, 0) is 11.4 Å². The molecule has 7 heavy (non-hydrogen) atoms. The van der Waals surface area contributed by atoms with Gasteiger partial charge in [0.1, 0.15) is 0 Å². The van der Waals surface area contributed by atoms with Crippen molar-refractivity contribution in [1.29, 1.82) is 0 Å². The Morgan fingerprint density at radius 3 is 1.57 bits per heavy atom. The lowest BCUT2D eigenvalue weighted by atomic mass is 10.6. The van der Waals surface area contributed by atoms with Gasteiger partial charge in [-0.15, -0.1) is 0 Å². The van der Waals surface area contributed by atoms with Gasteiger partial charge < -0.3 is 9.59 Å². The van der Waals surface area contributed by atoms with Crippen molar-refractivity contribution >= 4 is 8.56 Å². The molecule has 0 aliphatic carbocycles. The summed E-state index contributed by atoms with van der Waals surface area (Å²) in [6.07, 6.45) is 3.29. The lowest BCUT2D eigenvalue weighted by Crippen LogP contribution is -2.27. The van der Waals surface area contributed by atoms with E-state index in [9.17, 15) is 0 Å². The predicted octanol–water partition coefficient (Wildman–Crippen LogP) is -0.382. The van der Waals surface area contributed by atoms with Crippen molar-refractivity contribution in [3.63, 3.8) is 0 Å². The minimum absolute atomic E-state index is 1.44. The summed E-state index contributed by atoms with van der Waals surface area (Å²) in [7, 11) is -2.90. The van der Waals surface area contributed by atoms with Crippen molar-refractivity contribution in [3.05, 3.63) is 23.6 Å². The SMILES string of the molecule is O[Si]1(O)C=CC=C1. The first kappa shape index (κ1) is 4.77. The fraction of sp³-hybridized carbons (Fsp3) is 0. The van der Waals surface area contributed by atoms with Gasteiger partial charge in [-0.1, -0.05) is 12.2 Å². The van der Waals surface area contributed by atoms with Gasteiger partial charge in [0.15, 0.2) is 0 Å². The van der Waals surface area contributed by atoms with Crippen LogP contribution in [0.25, 0.3) is 0 Å². The van der Waals surface area contributed by atoms with Crippen LogP contribution in [0.3, 0.4) is 0 Å². The van der Waals surface area contributed by atoms with E-state index in [1.165, 1.54) is 11.4 Å². The minimum Gasteiger partial charge on any atom is -0.405 e. The summed E-state index contributed by atoms with van der Waals surface area (Å²) < 4.78 is 0. The summed E-state index contributed by atoms with van der Waals surface area (Å²) in [5.41, 5.74) is 2.88. The van der Waals surface area contributed by atoms with Crippen molar-refractivity contribution in [3.8, 4) is 0 Å². The Morgan fingerprint density at radius 2 is 1.43 bits per heavy atom. The van der Waals surface area contributed by atoms with Crippen molar-refractivity contribution < 1.29 is 9.59 Å². The largest absolute Gasteiger partial charge is 0.405 e. The third kappa shape index (κ3) is 0.990. The number of rotatable bonds is 0. The third-order valence-electron chi connectivity index (χ3n) is 0.794. The molecule has 2 N–H and O–H groups in total. The van der Waals surface area contributed by atoms with Crippen LogP contribution in [0.15, 0.2) is 23.6 Å². The van der Waals surface area contributed by atoms with E-state index in [1.807, 2.05) is 0 Å². The fourth-order valence-electron chi connectivity index (χ4n) is 0.450. The molecule has 1 aliphatic rings. The van der Waals surface area contributed by atoms with Crippen LogP contribution in [0.2, 0.25) is 0 Å². The van der Waals surface area contributed by atoms with Crippen molar-refractivity contribution in [1.82, 2.24) is 0 Å². The second-order valence-electron chi connectivity index (χ2n) is 1.50. The van der Waals surface area contributed by atoms with E-state index >= 15 is 0 Å². The summed E-state index contributed by atoms with van der Waals surface area (Å²) in [6.45, 7) is 0. The highest BCUT2D eigenvalue weighted by Gasteiger charge is 2.22. The molecule has 1 aliphatic heterocycles. The van der Waals surface area contributed by atoms with E-state index in [4.69, 9.17) is 9.59 Å². The highest BCUT2D eigenvalue weighted by Crippen LogP contribution is 2.03. The maximum atomic E-state index is 8.72. The van der Waals surface area contributed by atoms with Gasteiger partial charge in [-0.2, -0.15) is 0 Å². The van der Waals surface area contributed by atoms with E-state index < -0.39 is 8.56 Å². The molecule has 0 aromatic heterocycles. The first-order chi connectivity index (χ1) is 3.21. The van der Waals surface area contributed by atoms with Crippen LogP contribution >= 0.6 is 0 Å². The summed E-state index contributed by atoms with van der Waals surface area (Å²) >= 11 is 0. The summed E-state index contributed by atoms with van der Waals surface area (Å²) in [6, 6.07) is 0. The smallest absolute Gasteiger partial charge is 0.386 e. The van der Waals surface area contributed by atoms with Crippen LogP contribution < -0.4 is 0 Å². The average Bonchev–Trinajstić information content (AvgIpc) is 1.84. The van der Waals surface area contributed by atoms with Gasteiger partial charge in [0.05, 0.1) is 0 Å². The molecule has 0 fully saturated rings. The zero-order valence-electron chi connectivity index (χ0n) is 3.70. The molecule has 3 heteroatoms. The molecule has 0 aromatic carbocycles. The second-order valence-corrected chi connectivity index (χ2v) is 3.73. The zero-order chi connectivity index (χ0) is 5.33. The van der Waals surface area contributed by atoms with Gasteiger partial charge in [0, 0.05) is 0 Å². The molecule has 0 atom stereocenters. The minimum atomic E-state index is -2.90. The Balaban J connectivity index is 2.77. The standard InChI is InChI=1S/C4H6O2Si/c5-7(6)3-1-2-4-7/h1-6H. The molecular weight excluding hydrogens is 108 g/mol. The predicted molar refractivity (Wildman–Crippen MR) is 28.5 cm³/mol. The Bertz CT molecular complexity index is 112.